The Balaban J connectivity index is 2.80. The van der Waals surface area contributed by atoms with Crippen LogP contribution in [-0.2, 0) is 13.9 Å². The molecule has 5 heteroatoms. The number of hydrogen-bond acceptors (Lipinski definition) is 4. The van der Waals surface area contributed by atoms with Gasteiger partial charge in [-0.25, -0.2) is 0 Å². The topological polar surface area (TPSA) is 47.9 Å². The number of rotatable bonds is 17. The van der Waals surface area contributed by atoms with E-state index in [1.165, 1.54) is 11.1 Å². The third kappa shape index (κ3) is 14.2. The summed E-state index contributed by atoms with van der Waals surface area (Å²) >= 11 is 0. The second-order valence-corrected chi connectivity index (χ2v) is 19.6. The molecule has 0 aromatic heterocycles. The van der Waals surface area contributed by atoms with Crippen LogP contribution in [0.5, 0.6) is 0 Å². The van der Waals surface area contributed by atoms with Crippen molar-refractivity contribution in [3.05, 3.63) is 59.8 Å². The van der Waals surface area contributed by atoms with Crippen LogP contribution in [0.2, 0.25) is 18.1 Å². The van der Waals surface area contributed by atoms with Gasteiger partial charge in [0.15, 0.2) is 14.6 Å². The summed E-state index contributed by atoms with van der Waals surface area (Å²) in [5.74, 6) is 0.933. The summed E-state index contributed by atoms with van der Waals surface area (Å²) in [7, 11) is -1.95. The van der Waals surface area contributed by atoms with Crippen LogP contribution in [0.25, 0.3) is 0 Å². The molecule has 248 valence electrons. The predicted molar refractivity (Wildman–Crippen MR) is 189 cm³/mol. The average Bonchev–Trinajstić information content (AvgIpc) is 2.91. The lowest BCUT2D eigenvalue weighted by Crippen LogP contribution is -2.49. The molecular formula is C38H68O4Si. The van der Waals surface area contributed by atoms with Crippen molar-refractivity contribution in [3.63, 3.8) is 0 Å². The van der Waals surface area contributed by atoms with Gasteiger partial charge in [0.2, 0.25) is 0 Å². The van der Waals surface area contributed by atoms with Crippen molar-refractivity contribution in [2.24, 2.45) is 23.7 Å². The Bertz CT molecular complexity index is 951. The molecule has 0 aromatic rings. The van der Waals surface area contributed by atoms with Crippen LogP contribution >= 0.6 is 0 Å². The third-order valence-electron chi connectivity index (χ3n) is 9.26. The molecule has 0 saturated carbocycles. The maximum absolute atomic E-state index is 11.4. The van der Waals surface area contributed by atoms with Gasteiger partial charge in [0.1, 0.15) is 0 Å². The first-order valence-electron chi connectivity index (χ1n) is 17.0. The molecule has 43 heavy (non-hydrogen) atoms. The van der Waals surface area contributed by atoms with Crippen molar-refractivity contribution >= 4 is 8.32 Å². The molecule has 1 unspecified atom stereocenters. The molecule has 1 aliphatic heterocycles. The highest BCUT2D eigenvalue weighted by atomic mass is 28.4. The monoisotopic (exact) mass is 616 g/mol. The Hall–Kier alpha value is -1.24. The molecule has 1 N–H and O–H groups in total. The van der Waals surface area contributed by atoms with E-state index in [-0.39, 0.29) is 41.5 Å². The van der Waals surface area contributed by atoms with Gasteiger partial charge in [0.05, 0.1) is 24.4 Å². The minimum Gasteiger partial charge on any atom is -0.413 e. The lowest BCUT2D eigenvalue weighted by molar-refractivity contribution is -0.154. The molecule has 0 aliphatic carbocycles. The van der Waals surface area contributed by atoms with E-state index in [2.05, 4.69) is 125 Å². The molecule has 1 heterocycles. The third-order valence-corrected chi connectivity index (χ3v) is 13.7. The van der Waals surface area contributed by atoms with Gasteiger partial charge in [-0.2, -0.15) is 0 Å². The minimum atomic E-state index is -1.95. The quantitative estimate of drug-likeness (QED) is 0.100. The zero-order chi connectivity index (χ0) is 33.0. The van der Waals surface area contributed by atoms with E-state index < -0.39 is 14.4 Å². The zero-order valence-electron chi connectivity index (χ0n) is 30.3. The second kappa shape index (κ2) is 18.7. The number of aliphatic hydroxyl groups is 1. The van der Waals surface area contributed by atoms with Gasteiger partial charge in [0.25, 0.3) is 0 Å². The molecule has 8 atom stereocenters. The molecule has 4 nitrogen and oxygen atoms in total. The molecule has 0 saturated heterocycles. The van der Waals surface area contributed by atoms with Gasteiger partial charge in [-0.05, 0) is 76.1 Å². The maximum Gasteiger partial charge on any atom is 0.192 e. The maximum atomic E-state index is 11.4. The second-order valence-electron chi connectivity index (χ2n) is 14.8. The molecule has 0 bridgehead atoms. The van der Waals surface area contributed by atoms with Gasteiger partial charge >= 0.3 is 0 Å². The summed E-state index contributed by atoms with van der Waals surface area (Å²) in [6.45, 7) is 31.0. The number of hydrogen-bond donors (Lipinski definition) is 1. The van der Waals surface area contributed by atoms with Crippen molar-refractivity contribution in [1.29, 1.82) is 0 Å². The van der Waals surface area contributed by atoms with Gasteiger partial charge in [-0.1, -0.05) is 122 Å². The van der Waals surface area contributed by atoms with Crippen LogP contribution in [0, 0.1) is 23.7 Å². The van der Waals surface area contributed by atoms with Crippen molar-refractivity contribution in [2.45, 2.75) is 158 Å². The van der Waals surface area contributed by atoms with Crippen LogP contribution in [0.3, 0.4) is 0 Å². The fourth-order valence-electron chi connectivity index (χ4n) is 5.22. The van der Waals surface area contributed by atoms with Crippen LogP contribution in [-0.4, -0.2) is 44.1 Å². The molecule has 0 aromatic carbocycles. The largest absolute Gasteiger partial charge is 0.413 e. The normalized spacial score (nSPS) is 23.6. The molecule has 0 spiro atoms. The van der Waals surface area contributed by atoms with Crippen molar-refractivity contribution in [1.82, 2.24) is 0 Å². The Kier molecular flexibility index (Phi) is 17.3. The Morgan fingerprint density at radius 2 is 1.70 bits per heavy atom. The lowest BCUT2D eigenvalue weighted by Gasteiger charge is -2.44. The molecule has 1 rings (SSSR count). The first kappa shape index (κ1) is 39.8. The summed E-state index contributed by atoms with van der Waals surface area (Å²) in [4.78, 5) is 0. The van der Waals surface area contributed by atoms with E-state index >= 15 is 0 Å². The highest BCUT2D eigenvalue weighted by molar-refractivity contribution is 6.74. The number of aliphatic hydroxyl groups excluding tert-OH is 1. The summed E-state index contributed by atoms with van der Waals surface area (Å²) in [5, 5.41) is 11.6. The van der Waals surface area contributed by atoms with Crippen LogP contribution in [0.1, 0.15) is 109 Å². The Morgan fingerprint density at radius 1 is 1.05 bits per heavy atom. The lowest BCUT2D eigenvalue weighted by atomic mass is 9.83. The van der Waals surface area contributed by atoms with Gasteiger partial charge in [-0.3, -0.25) is 0 Å². The van der Waals surface area contributed by atoms with Crippen molar-refractivity contribution in [3.8, 4) is 0 Å². The van der Waals surface area contributed by atoms with Gasteiger partial charge in [-0.15, -0.1) is 0 Å². The molecule has 0 fully saturated rings. The SMILES string of the molecule is CCC(=C/[C@@H](C)C/C=C/C(C)=C/[C@@H](C)[C@H](O)[C@@H](C)[C@H](O[Si](C)(C)C(C)(C)C)[C@@H](C)CC)/C=C/[C@H]1CC=CC(OC(C)C)O1. The van der Waals surface area contributed by atoms with Crippen LogP contribution in [0.4, 0.5) is 0 Å². The summed E-state index contributed by atoms with van der Waals surface area (Å²) < 4.78 is 18.8. The van der Waals surface area contributed by atoms with E-state index in [0.29, 0.717) is 11.8 Å². The fraction of sp³-hybridized carbons (Fsp3) is 0.737. The Morgan fingerprint density at radius 3 is 2.26 bits per heavy atom. The first-order chi connectivity index (χ1) is 19.9. The fourth-order valence-corrected chi connectivity index (χ4v) is 6.70. The predicted octanol–water partition coefficient (Wildman–Crippen LogP) is 10.6. The molecule has 0 amide bonds. The highest BCUT2D eigenvalue weighted by Gasteiger charge is 2.42. The molecule has 0 radical (unpaired) electrons. The summed E-state index contributed by atoms with van der Waals surface area (Å²) in [6, 6.07) is 0. The number of allylic oxidation sites excluding steroid dienone is 6. The van der Waals surface area contributed by atoms with E-state index in [9.17, 15) is 5.11 Å². The van der Waals surface area contributed by atoms with E-state index in [4.69, 9.17) is 13.9 Å². The number of ether oxygens (including phenoxy) is 2. The zero-order valence-corrected chi connectivity index (χ0v) is 31.3. The van der Waals surface area contributed by atoms with Gasteiger partial charge in [0, 0.05) is 11.8 Å². The average molecular weight is 617 g/mol. The van der Waals surface area contributed by atoms with Crippen molar-refractivity contribution < 1.29 is 19.0 Å². The smallest absolute Gasteiger partial charge is 0.192 e. The van der Waals surface area contributed by atoms with E-state index in [1.54, 1.807) is 0 Å². The highest BCUT2D eigenvalue weighted by Crippen LogP contribution is 2.40. The van der Waals surface area contributed by atoms with Crippen LogP contribution < -0.4 is 0 Å². The van der Waals surface area contributed by atoms with Crippen molar-refractivity contribution in [2.75, 3.05) is 0 Å². The van der Waals surface area contributed by atoms with E-state index in [0.717, 1.165) is 25.7 Å². The summed E-state index contributed by atoms with van der Waals surface area (Å²) in [6.07, 6.45) is 21.0. The van der Waals surface area contributed by atoms with Crippen LogP contribution in [0.15, 0.2) is 59.8 Å². The van der Waals surface area contributed by atoms with E-state index in [1.807, 2.05) is 19.9 Å². The minimum absolute atomic E-state index is 0.0470. The summed E-state index contributed by atoms with van der Waals surface area (Å²) in [5.41, 5.74) is 2.52. The van der Waals surface area contributed by atoms with Gasteiger partial charge < -0.3 is 19.0 Å². The first-order valence-corrected chi connectivity index (χ1v) is 19.9. The molecule has 1 aliphatic rings. The Labute approximate surface area is 267 Å². The standard InChI is InChI=1S/C38H68O4Si/c1-15-30(7)37(42-43(13,14)38(10,11)12)32(9)36(39)31(8)25-28(5)19-17-20-29(6)26-33(16-2)23-24-34-21-18-22-35(41-34)40-27(3)4/h17-19,22-27,29-32,34-37,39H,15-16,20-21H2,1-14H3/b19-17+,24-23+,28-25+,33-26-/t29-,30-,31+,32+,34+,35?,36-,37+/m0/s1. The molecular weight excluding hydrogens is 549 g/mol.